The Morgan fingerprint density at radius 3 is 2.45 bits per heavy atom. The minimum Gasteiger partial charge on any atom is -0.492 e. The second kappa shape index (κ2) is 10.3. The monoisotopic (exact) mass is 424 g/mol. The molecule has 0 amide bonds. The predicted molar refractivity (Wildman–Crippen MR) is 119 cm³/mol. The van der Waals surface area contributed by atoms with E-state index in [4.69, 9.17) is 4.74 Å². The smallest absolute Gasteiger partial charge is 0.193 e. The van der Waals surface area contributed by atoms with E-state index in [1.165, 1.54) is 0 Å². The molecule has 1 aliphatic rings. The largest absolute Gasteiger partial charge is 0.492 e. The zero-order valence-electron chi connectivity index (χ0n) is 18.4. The topological polar surface area (TPSA) is 74.2 Å². The first-order valence-electron chi connectivity index (χ1n) is 10.3. The Morgan fingerprint density at radius 1 is 1.24 bits per heavy atom. The summed E-state index contributed by atoms with van der Waals surface area (Å²) < 4.78 is 29.5. The van der Waals surface area contributed by atoms with Crippen LogP contribution in [0.2, 0.25) is 0 Å². The maximum atomic E-state index is 12.2. The number of hydrogen-bond acceptors (Lipinski definition) is 5. The van der Waals surface area contributed by atoms with Gasteiger partial charge in [-0.2, -0.15) is 0 Å². The van der Waals surface area contributed by atoms with Gasteiger partial charge in [-0.1, -0.05) is 26.0 Å². The summed E-state index contributed by atoms with van der Waals surface area (Å²) >= 11 is 0. The summed E-state index contributed by atoms with van der Waals surface area (Å²) in [6.45, 7) is 13.1. The van der Waals surface area contributed by atoms with Gasteiger partial charge in [-0.3, -0.25) is 4.99 Å². The highest BCUT2D eigenvalue weighted by molar-refractivity contribution is 7.92. The summed E-state index contributed by atoms with van der Waals surface area (Å²) in [6.07, 6.45) is 0. The number of nitrogens with zero attached hydrogens (tertiary/aromatic N) is 3. The van der Waals surface area contributed by atoms with Crippen LogP contribution in [0.1, 0.15) is 33.3 Å². The molecular formula is C21H36N4O3S. The highest BCUT2D eigenvalue weighted by Gasteiger charge is 2.40. The van der Waals surface area contributed by atoms with Gasteiger partial charge in [0.25, 0.3) is 0 Å². The summed E-state index contributed by atoms with van der Waals surface area (Å²) in [6, 6.07) is 8.05. The Bertz CT molecular complexity index is 772. The first-order valence-corrected chi connectivity index (χ1v) is 12.0. The fourth-order valence-electron chi connectivity index (χ4n) is 3.37. The summed E-state index contributed by atoms with van der Waals surface area (Å²) in [7, 11) is -1.34. The summed E-state index contributed by atoms with van der Waals surface area (Å²) in [5, 5.41) is 3.35. The van der Waals surface area contributed by atoms with Crippen molar-refractivity contribution in [1.82, 2.24) is 15.1 Å². The lowest BCUT2D eigenvalue weighted by Crippen LogP contribution is -2.57. The van der Waals surface area contributed by atoms with Gasteiger partial charge in [0.15, 0.2) is 15.8 Å². The second-order valence-electron chi connectivity index (χ2n) is 7.92. The Morgan fingerprint density at radius 2 is 1.90 bits per heavy atom. The van der Waals surface area contributed by atoms with Crippen molar-refractivity contribution in [2.75, 3.05) is 52.1 Å². The first-order chi connectivity index (χ1) is 13.7. The standard InChI is InChI=1S/C21H36N4O3S/c1-6-24(7-2)12-14-28-19-10-8-18(9-11-19)16-23-20(22-5)25-13-15-29(26,27)21(3,4)17-25/h8-11H,6-7,12-17H2,1-5H3,(H,22,23). The Balaban J connectivity index is 1.85. The first kappa shape index (κ1) is 23.5. The zero-order chi connectivity index (χ0) is 21.5. The number of guanidine groups is 1. The molecule has 1 aromatic carbocycles. The molecule has 164 valence electrons. The van der Waals surface area contributed by atoms with Crippen LogP contribution in [0, 0.1) is 0 Å². The molecule has 0 unspecified atom stereocenters. The van der Waals surface area contributed by atoms with E-state index < -0.39 is 14.6 Å². The fourth-order valence-corrected chi connectivity index (χ4v) is 4.74. The van der Waals surface area contributed by atoms with E-state index in [9.17, 15) is 8.42 Å². The molecule has 1 aliphatic heterocycles. The lowest BCUT2D eigenvalue weighted by atomic mass is 10.2. The SMILES string of the molecule is CCN(CC)CCOc1ccc(CNC(=NC)N2CCS(=O)(=O)C(C)(C)C2)cc1. The number of aliphatic imine (C=N–C) groups is 1. The second-order valence-corrected chi connectivity index (χ2v) is 10.7. The summed E-state index contributed by atoms with van der Waals surface area (Å²) in [5.74, 6) is 1.75. The summed E-state index contributed by atoms with van der Waals surface area (Å²) in [5.41, 5.74) is 1.12. The number of nitrogens with one attached hydrogen (secondary N) is 1. The highest BCUT2D eigenvalue weighted by atomic mass is 32.2. The minimum atomic E-state index is -3.07. The molecule has 7 nitrogen and oxygen atoms in total. The van der Waals surface area contributed by atoms with E-state index >= 15 is 0 Å². The van der Waals surface area contributed by atoms with Gasteiger partial charge in [-0.05, 0) is 44.6 Å². The molecule has 0 saturated carbocycles. The Labute approximate surface area is 176 Å². The van der Waals surface area contributed by atoms with Crippen LogP contribution < -0.4 is 10.1 Å². The van der Waals surface area contributed by atoms with Crippen LogP contribution >= 0.6 is 0 Å². The van der Waals surface area contributed by atoms with Crippen molar-refractivity contribution in [2.45, 2.75) is 39.0 Å². The molecule has 0 aliphatic carbocycles. The van der Waals surface area contributed by atoms with E-state index in [1.807, 2.05) is 29.2 Å². The van der Waals surface area contributed by atoms with Crippen LogP contribution in [0.25, 0.3) is 0 Å². The number of ether oxygens (including phenoxy) is 1. The Kier molecular flexibility index (Phi) is 8.34. The van der Waals surface area contributed by atoms with Crippen LogP contribution in [0.3, 0.4) is 0 Å². The van der Waals surface area contributed by atoms with Gasteiger partial charge < -0.3 is 19.9 Å². The third kappa shape index (κ3) is 6.34. The lowest BCUT2D eigenvalue weighted by Gasteiger charge is -2.39. The van der Waals surface area contributed by atoms with E-state index in [1.54, 1.807) is 20.9 Å². The molecule has 1 fully saturated rings. The van der Waals surface area contributed by atoms with Crippen molar-refractivity contribution in [1.29, 1.82) is 0 Å². The summed E-state index contributed by atoms with van der Waals surface area (Å²) in [4.78, 5) is 8.69. The minimum absolute atomic E-state index is 0.153. The molecule has 29 heavy (non-hydrogen) atoms. The average molecular weight is 425 g/mol. The van der Waals surface area contributed by atoms with Gasteiger partial charge in [-0.15, -0.1) is 0 Å². The third-order valence-electron chi connectivity index (χ3n) is 5.50. The Hall–Kier alpha value is -1.80. The van der Waals surface area contributed by atoms with Crippen molar-refractivity contribution in [3.63, 3.8) is 0 Å². The molecule has 1 aromatic rings. The van der Waals surface area contributed by atoms with Crippen molar-refractivity contribution in [3.8, 4) is 5.75 Å². The predicted octanol–water partition coefficient (Wildman–Crippen LogP) is 1.99. The molecule has 1 heterocycles. The van der Waals surface area contributed by atoms with E-state index in [-0.39, 0.29) is 5.75 Å². The molecule has 0 atom stereocenters. The van der Waals surface area contributed by atoms with Gasteiger partial charge in [0.2, 0.25) is 0 Å². The highest BCUT2D eigenvalue weighted by Crippen LogP contribution is 2.23. The van der Waals surface area contributed by atoms with E-state index in [0.29, 0.717) is 26.2 Å². The zero-order valence-corrected chi connectivity index (χ0v) is 19.3. The number of sulfone groups is 1. The fraction of sp³-hybridized carbons (Fsp3) is 0.667. The van der Waals surface area contributed by atoms with Crippen molar-refractivity contribution < 1.29 is 13.2 Å². The number of benzene rings is 1. The third-order valence-corrected chi connectivity index (χ3v) is 8.03. The molecule has 2 rings (SSSR count). The molecule has 1 N–H and O–H groups in total. The van der Waals surface area contributed by atoms with Gasteiger partial charge in [0.05, 0.1) is 10.5 Å². The molecule has 0 bridgehead atoms. The maximum Gasteiger partial charge on any atom is 0.193 e. The van der Waals surface area contributed by atoms with Gasteiger partial charge >= 0.3 is 0 Å². The molecule has 0 spiro atoms. The lowest BCUT2D eigenvalue weighted by molar-refractivity contribution is 0.223. The molecule has 0 radical (unpaired) electrons. The molecule has 8 heteroatoms. The van der Waals surface area contributed by atoms with Crippen LogP contribution in [-0.4, -0.2) is 81.1 Å². The van der Waals surface area contributed by atoms with Crippen LogP contribution in [0.5, 0.6) is 5.75 Å². The van der Waals surface area contributed by atoms with E-state index in [0.717, 1.165) is 36.9 Å². The van der Waals surface area contributed by atoms with Crippen molar-refractivity contribution in [2.24, 2.45) is 4.99 Å². The van der Waals surface area contributed by atoms with Gasteiger partial charge in [-0.25, -0.2) is 8.42 Å². The quantitative estimate of drug-likeness (QED) is 0.508. The molecule has 1 saturated heterocycles. The number of likely N-dealkylation sites (N-methyl/N-ethyl adjacent to an activating group) is 1. The average Bonchev–Trinajstić information content (AvgIpc) is 2.69. The molecular weight excluding hydrogens is 388 g/mol. The number of rotatable bonds is 8. The van der Waals surface area contributed by atoms with Crippen LogP contribution in [0.4, 0.5) is 0 Å². The van der Waals surface area contributed by atoms with Crippen LogP contribution in [-0.2, 0) is 16.4 Å². The normalized spacial score (nSPS) is 18.7. The van der Waals surface area contributed by atoms with Crippen molar-refractivity contribution in [3.05, 3.63) is 29.8 Å². The van der Waals surface area contributed by atoms with Crippen molar-refractivity contribution >= 4 is 15.8 Å². The van der Waals surface area contributed by atoms with E-state index in [2.05, 4.69) is 29.1 Å². The number of hydrogen-bond donors (Lipinski definition) is 1. The van der Waals surface area contributed by atoms with Crippen LogP contribution in [0.15, 0.2) is 29.3 Å². The molecule has 0 aromatic heterocycles. The maximum absolute atomic E-state index is 12.2. The van der Waals surface area contributed by atoms with Gasteiger partial charge in [0.1, 0.15) is 12.4 Å². The van der Waals surface area contributed by atoms with Gasteiger partial charge in [0, 0.05) is 33.2 Å².